The van der Waals surface area contributed by atoms with Crippen molar-refractivity contribution in [2.45, 2.75) is 42.0 Å². The lowest BCUT2D eigenvalue weighted by atomic mass is 10.0. The second-order valence-electron chi connectivity index (χ2n) is 6.44. The molecule has 1 fully saturated rings. The first-order valence-corrected chi connectivity index (χ1v) is 9.50. The summed E-state index contributed by atoms with van der Waals surface area (Å²) in [5, 5.41) is 3.12. The molecule has 126 valence electrons. The van der Waals surface area contributed by atoms with Gasteiger partial charge in [-0.15, -0.1) is 0 Å². The van der Waals surface area contributed by atoms with Gasteiger partial charge in [-0.2, -0.15) is 0 Å². The van der Waals surface area contributed by atoms with E-state index in [-0.39, 0.29) is 5.91 Å². The maximum absolute atomic E-state index is 12.5. The second kappa shape index (κ2) is 8.36. The zero-order chi connectivity index (χ0) is 16.8. The van der Waals surface area contributed by atoms with Crippen molar-refractivity contribution in [3.8, 4) is 0 Å². The van der Waals surface area contributed by atoms with E-state index in [9.17, 15) is 4.79 Å². The highest BCUT2D eigenvalue weighted by Crippen LogP contribution is 2.33. The number of amides is 1. The van der Waals surface area contributed by atoms with E-state index in [1.165, 1.54) is 29.1 Å². The molecule has 0 spiro atoms. The average Bonchev–Trinajstić information content (AvgIpc) is 2.60. The van der Waals surface area contributed by atoms with E-state index in [2.05, 4.69) is 30.4 Å². The van der Waals surface area contributed by atoms with Crippen LogP contribution in [0.4, 0.5) is 5.69 Å². The first-order valence-electron chi connectivity index (χ1n) is 8.69. The Morgan fingerprint density at radius 1 is 1.12 bits per heavy atom. The number of anilines is 1. The van der Waals surface area contributed by atoms with Crippen molar-refractivity contribution < 1.29 is 9.69 Å². The average molecular weight is 342 g/mol. The highest BCUT2D eigenvalue weighted by atomic mass is 32.2. The van der Waals surface area contributed by atoms with Gasteiger partial charge in [0.1, 0.15) is 0 Å². The third-order valence-electron chi connectivity index (χ3n) is 4.60. The Kier molecular flexibility index (Phi) is 5.94. The van der Waals surface area contributed by atoms with Crippen LogP contribution in [0.15, 0.2) is 64.4 Å². The number of carbonyl (C=O) groups excluding carboxylic acids is 1. The predicted molar refractivity (Wildman–Crippen MR) is 99.6 cm³/mol. The molecule has 2 atom stereocenters. The number of carbonyl (C=O) groups is 1. The first-order chi connectivity index (χ1) is 11.7. The van der Waals surface area contributed by atoms with Gasteiger partial charge in [-0.05, 0) is 50.5 Å². The van der Waals surface area contributed by atoms with E-state index in [0.717, 1.165) is 17.1 Å². The molecule has 0 aliphatic carbocycles. The van der Waals surface area contributed by atoms with Crippen molar-refractivity contribution in [3.05, 3.63) is 54.6 Å². The lowest BCUT2D eigenvalue weighted by Gasteiger charge is -2.29. The molecule has 0 bridgehead atoms. The molecule has 1 amide bonds. The van der Waals surface area contributed by atoms with Gasteiger partial charge in [-0.1, -0.05) is 42.1 Å². The molecule has 0 saturated carbocycles. The second-order valence-corrected chi connectivity index (χ2v) is 7.56. The Balaban J connectivity index is 1.65. The number of rotatable bonds is 5. The van der Waals surface area contributed by atoms with Gasteiger partial charge in [0, 0.05) is 9.79 Å². The van der Waals surface area contributed by atoms with Crippen LogP contribution in [-0.2, 0) is 4.79 Å². The Bertz CT molecular complexity index is 674. The summed E-state index contributed by atoms with van der Waals surface area (Å²) in [6.07, 6.45) is 3.75. The molecule has 1 aliphatic heterocycles. The number of quaternary nitrogens is 1. The summed E-state index contributed by atoms with van der Waals surface area (Å²) in [5.41, 5.74) is 0.903. The molecule has 2 aromatic carbocycles. The maximum Gasteiger partial charge on any atom is 0.279 e. The van der Waals surface area contributed by atoms with Crippen LogP contribution in [0, 0.1) is 0 Å². The molecule has 4 heteroatoms. The minimum Gasteiger partial charge on any atom is -0.325 e. The lowest BCUT2D eigenvalue weighted by molar-refractivity contribution is -0.920. The standard InChI is InChI=1S/C20H24N2OS/c1-16-9-7-8-14-22(16)15-20(23)21-18-12-5-6-13-19(18)24-17-10-3-2-4-11-17/h2-6,10-13,16H,7-9,14-15H2,1H3,(H,21,23)/p+1/t16-/m0/s1. The monoisotopic (exact) mass is 341 g/mol. The molecule has 3 nitrogen and oxygen atoms in total. The summed E-state index contributed by atoms with van der Waals surface area (Å²) in [5.74, 6) is 0.111. The Morgan fingerprint density at radius 3 is 2.67 bits per heavy atom. The van der Waals surface area contributed by atoms with Crippen molar-refractivity contribution >= 4 is 23.4 Å². The van der Waals surface area contributed by atoms with Gasteiger partial charge in [-0.3, -0.25) is 4.79 Å². The minimum absolute atomic E-state index is 0.111. The van der Waals surface area contributed by atoms with Crippen molar-refractivity contribution in [1.82, 2.24) is 0 Å². The van der Waals surface area contributed by atoms with E-state index in [0.29, 0.717) is 12.6 Å². The summed E-state index contributed by atoms with van der Waals surface area (Å²) in [4.78, 5) is 16.2. The fraction of sp³-hybridized carbons (Fsp3) is 0.350. The summed E-state index contributed by atoms with van der Waals surface area (Å²) < 4.78 is 0. The van der Waals surface area contributed by atoms with Crippen molar-refractivity contribution in [2.75, 3.05) is 18.4 Å². The van der Waals surface area contributed by atoms with Crippen molar-refractivity contribution in [3.63, 3.8) is 0 Å². The highest BCUT2D eigenvalue weighted by Gasteiger charge is 2.24. The molecule has 0 radical (unpaired) electrons. The van der Waals surface area contributed by atoms with Crippen LogP contribution >= 0.6 is 11.8 Å². The van der Waals surface area contributed by atoms with E-state index < -0.39 is 0 Å². The van der Waals surface area contributed by atoms with E-state index in [4.69, 9.17) is 0 Å². The Hall–Kier alpha value is -1.78. The first kappa shape index (κ1) is 17.1. The van der Waals surface area contributed by atoms with Crippen LogP contribution in [-0.4, -0.2) is 25.0 Å². The molecule has 2 aromatic rings. The number of benzene rings is 2. The van der Waals surface area contributed by atoms with Crippen LogP contribution in [0.1, 0.15) is 26.2 Å². The zero-order valence-electron chi connectivity index (χ0n) is 14.1. The SMILES string of the molecule is C[C@H]1CCCC[NH+]1CC(=O)Nc1ccccc1Sc1ccccc1. The number of hydrogen-bond donors (Lipinski definition) is 2. The smallest absolute Gasteiger partial charge is 0.279 e. The van der Waals surface area contributed by atoms with E-state index in [1.54, 1.807) is 11.8 Å². The maximum atomic E-state index is 12.5. The van der Waals surface area contributed by atoms with Gasteiger partial charge in [0.05, 0.1) is 18.3 Å². The van der Waals surface area contributed by atoms with Crippen LogP contribution in [0.2, 0.25) is 0 Å². The Morgan fingerprint density at radius 2 is 1.88 bits per heavy atom. The molecule has 2 N–H and O–H groups in total. The Labute approximate surface area is 148 Å². The fourth-order valence-electron chi connectivity index (χ4n) is 3.19. The zero-order valence-corrected chi connectivity index (χ0v) is 14.9. The number of likely N-dealkylation sites (tertiary alicyclic amines) is 1. The van der Waals surface area contributed by atoms with Crippen molar-refractivity contribution in [1.29, 1.82) is 0 Å². The van der Waals surface area contributed by atoms with E-state index >= 15 is 0 Å². The summed E-state index contributed by atoms with van der Waals surface area (Å²) in [6, 6.07) is 18.9. The van der Waals surface area contributed by atoms with Gasteiger partial charge in [0.2, 0.25) is 0 Å². The number of hydrogen-bond acceptors (Lipinski definition) is 2. The third-order valence-corrected chi connectivity index (χ3v) is 5.69. The van der Waals surface area contributed by atoms with Crippen molar-refractivity contribution in [2.24, 2.45) is 0 Å². The van der Waals surface area contributed by atoms with Gasteiger partial charge in [0.15, 0.2) is 6.54 Å². The summed E-state index contributed by atoms with van der Waals surface area (Å²) in [6.45, 7) is 3.92. The fourth-order valence-corrected chi connectivity index (χ4v) is 4.11. The summed E-state index contributed by atoms with van der Waals surface area (Å²) in [7, 11) is 0. The molecule has 1 saturated heterocycles. The normalized spacial score (nSPS) is 20.5. The predicted octanol–water partition coefficient (Wildman–Crippen LogP) is 3.23. The highest BCUT2D eigenvalue weighted by molar-refractivity contribution is 7.99. The molecule has 1 heterocycles. The molecule has 3 rings (SSSR count). The molecular weight excluding hydrogens is 316 g/mol. The third kappa shape index (κ3) is 4.62. The topological polar surface area (TPSA) is 33.5 Å². The lowest BCUT2D eigenvalue weighted by Crippen LogP contribution is -3.17. The van der Waals surface area contributed by atoms with Gasteiger partial charge >= 0.3 is 0 Å². The van der Waals surface area contributed by atoms with Crippen LogP contribution in [0.3, 0.4) is 0 Å². The number of para-hydroxylation sites is 1. The molecule has 0 aromatic heterocycles. The largest absolute Gasteiger partial charge is 0.325 e. The molecule has 24 heavy (non-hydrogen) atoms. The number of nitrogens with one attached hydrogen (secondary N) is 2. The number of piperidine rings is 1. The molecule has 1 unspecified atom stereocenters. The quantitative estimate of drug-likeness (QED) is 0.875. The van der Waals surface area contributed by atoms with Crippen LogP contribution < -0.4 is 10.2 Å². The minimum atomic E-state index is 0.111. The van der Waals surface area contributed by atoms with Gasteiger partial charge in [0.25, 0.3) is 5.91 Å². The van der Waals surface area contributed by atoms with Crippen LogP contribution in [0.25, 0.3) is 0 Å². The molecule has 1 aliphatic rings. The summed E-state index contributed by atoms with van der Waals surface area (Å²) >= 11 is 1.68. The molecular formula is C20H25N2OS+. The van der Waals surface area contributed by atoms with Crippen LogP contribution in [0.5, 0.6) is 0 Å². The van der Waals surface area contributed by atoms with Gasteiger partial charge < -0.3 is 10.2 Å². The van der Waals surface area contributed by atoms with Gasteiger partial charge in [-0.25, -0.2) is 0 Å². The van der Waals surface area contributed by atoms with E-state index in [1.807, 2.05) is 36.4 Å².